The first-order valence-corrected chi connectivity index (χ1v) is 5.12. The Bertz CT molecular complexity index is 381. The maximum Gasteiger partial charge on any atom is 0.345 e. The van der Waals surface area contributed by atoms with Crippen molar-refractivity contribution < 1.29 is 14.7 Å². The Morgan fingerprint density at radius 2 is 1.93 bits per heavy atom. The summed E-state index contributed by atoms with van der Waals surface area (Å²) in [6.07, 6.45) is 1.04. The van der Waals surface area contributed by atoms with E-state index in [0.29, 0.717) is 4.88 Å². The normalized spacial score (nSPS) is 15.0. The maximum atomic E-state index is 11.6. The van der Waals surface area contributed by atoms with Gasteiger partial charge in [-0.3, -0.25) is 4.79 Å². The molecule has 0 unspecified atom stereocenters. The van der Waals surface area contributed by atoms with E-state index in [1.165, 1.54) is 6.07 Å². The van der Waals surface area contributed by atoms with Gasteiger partial charge in [-0.2, -0.15) is 0 Å². The summed E-state index contributed by atoms with van der Waals surface area (Å²) in [5.41, 5.74) is 0. The molecule has 1 aromatic heterocycles. The predicted molar refractivity (Wildman–Crippen MR) is 51.8 cm³/mol. The molecule has 0 radical (unpaired) electrons. The van der Waals surface area contributed by atoms with E-state index in [4.69, 9.17) is 5.11 Å². The molecule has 74 valence electrons. The van der Waals surface area contributed by atoms with E-state index >= 15 is 0 Å². The summed E-state index contributed by atoms with van der Waals surface area (Å²) in [7, 11) is 0. The Morgan fingerprint density at radius 3 is 2.36 bits per heavy atom. The van der Waals surface area contributed by atoms with Gasteiger partial charge in [0.25, 0.3) is 5.91 Å². The van der Waals surface area contributed by atoms with Crippen molar-refractivity contribution in [2.45, 2.75) is 6.42 Å². The van der Waals surface area contributed by atoms with Crippen LogP contribution in [0.2, 0.25) is 0 Å². The summed E-state index contributed by atoms with van der Waals surface area (Å²) >= 11 is 1.04. The number of carbonyl (C=O) groups excluding carboxylic acids is 1. The molecule has 1 N–H and O–H groups in total. The van der Waals surface area contributed by atoms with Crippen LogP contribution in [0.1, 0.15) is 25.8 Å². The van der Waals surface area contributed by atoms with E-state index in [0.717, 1.165) is 30.8 Å². The highest BCUT2D eigenvalue weighted by Crippen LogP contribution is 2.20. The molecule has 0 bridgehead atoms. The van der Waals surface area contributed by atoms with E-state index in [2.05, 4.69) is 0 Å². The second-order valence-electron chi connectivity index (χ2n) is 3.11. The van der Waals surface area contributed by atoms with Gasteiger partial charge in [0, 0.05) is 13.1 Å². The average molecular weight is 211 g/mol. The molecule has 5 heteroatoms. The lowest BCUT2D eigenvalue weighted by molar-refractivity contribution is 0.0656. The molecule has 1 aliphatic heterocycles. The molecular formula is C9H9NO3S. The van der Waals surface area contributed by atoms with Crippen molar-refractivity contribution in [3.8, 4) is 0 Å². The number of aromatic carboxylic acids is 1. The van der Waals surface area contributed by atoms with Crippen molar-refractivity contribution in [3.05, 3.63) is 21.9 Å². The van der Waals surface area contributed by atoms with Gasteiger partial charge < -0.3 is 10.0 Å². The topological polar surface area (TPSA) is 57.6 Å². The first-order valence-electron chi connectivity index (χ1n) is 4.31. The summed E-state index contributed by atoms with van der Waals surface area (Å²) in [6, 6.07) is 3.05. The van der Waals surface area contributed by atoms with Gasteiger partial charge >= 0.3 is 5.97 Å². The van der Waals surface area contributed by atoms with Crippen LogP contribution < -0.4 is 0 Å². The highest BCUT2D eigenvalue weighted by Gasteiger charge is 2.23. The molecule has 1 aliphatic rings. The minimum absolute atomic E-state index is 0.0475. The minimum atomic E-state index is -0.974. The minimum Gasteiger partial charge on any atom is -0.477 e. The van der Waals surface area contributed by atoms with Gasteiger partial charge in [-0.25, -0.2) is 4.79 Å². The zero-order valence-corrected chi connectivity index (χ0v) is 8.21. The molecule has 1 aromatic rings. The van der Waals surface area contributed by atoms with Crippen LogP contribution >= 0.6 is 11.3 Å². The molecule has 2 heterocycles. The summed E-state index contributed by atoms with van der Waals surface area (Å²) in [5.74, 6) is -1.02. The summed E-state index contributed by atoms with van der Waals surface area (Å²) < 4.78 is 0. The Labute approximate surface area is 84.8 Å². The summed E-state index contributed by atoms with van der Waals surface area (Å²) in [6.45, 7) is 1.58. The second-order valence-corrected chi connectivity index (χ2v) is 4.20. The van der Waals surface area contributed by atoms with Crippen molar-refractivity contribution in [2.75, 3.05) is 13.1 Å². The van der Waals surface area contributed by atoms with Gasteiger partial charge in [0.05, 0.1) is 4.88 Å². The average Bonchev–Trinajstić information content (AvgIpc) is 2.48. The molecule has 2 rings (SSSR count). The molecule has 4 nitrogen and oxygen atoms in total. The van der Waals surface area contributed by atoms with E-state index in [1.54, 1.807) is 11.0 Å². The monoisotopic (exact) mass is 211 g/mol. The lowest BCUT2D eigenvalue weighted by Gasteiger charge is -2.30. The molecule has 1 saturated heterocycles. The van der Waals surface area contributed by atoms with Crippen molar-refractivity contribution in [2.24, 2.45) is 0 Å². The van der Waals surface area contributed by atoms with Crippen molar-refractivity contribution >= 4 is 23.2 Å². The first kappa shape index (κ1) is 9.21. The zero-order chi connectivity index (χ0) is 10.1. The lowest BCUT2D eigenvalue weighted by Crippen LogP contribution is -2.41. The first-order chi connectivity index (χ1) is 6.68. The highest BCUT2D eigenvalue weighted by molar-refractivity contribution is 7.15. The molecule has 0 saturated carbocycles. The third-order valence-electron chi connectivity index (χ3n) is 2.17. The van der Waals surface area contributed by atoms with Gasteiger partial charge in [-0.1, -0.05) is 0 Å². The number of amides is 1. The molecule has 0 atom stereocenters. The Morgan fingerprint density at radius 1 is 1.29 bits per heavy atom. The fraction of sp³-hybridized carbons (Fsp3) is 0.333. The van der Waals surface area contributed by atoms with Gasteiger partial charge in [-0.05, 0) is 18.6 Å². The number of carbonyl (C=O) groups is 2. The largest absolute Gasteiger partial charge is 0.477 e. The summed E-state index contributed by atoms with van der Waals surface area (Å²) in [5, 5.41) is 8.68. The molecule has 1 amide bonds. The van der Waals surface area contributed by atoms with E-state index in [-0.39, 0.29) is 10.8 Å². The van der Waals surface area contributed by atoms with Gasteiger partial charge in [-0.15, -0.1) is 11.3 Å². The standard InChI is InChI=1S/C9H9NO3S/c11-8(10-4-1-5-10)6-2-3-7(14-6)9(12)13/h2-3H,1,4-5H2,(H,12,13). The number of hydrogen-bond donors (Lipinski definition) is 1. The Hall–Kier alpha value is -1.36. The van der Waals surface area contributed by atoms with Crippen molar-refractivity contribution in [3.63, 3.8) is 0 Å². The van der Waals surface area contributed by atoms with Crippen LogP contribution in [0.4, 0.5) is 0 Å². The van der Waals surface area contributed by atoms with Crippen molar-refractivity contribution in [1.29, 1.82) is 0 Å². The van der Waals surface area contributed by atoms with Gasteiger partial charge in [0.1, 0.15) is 4.88 Å². The molecule has 0 aliphatic carbocycles. The van der Waals surface area contributed by atoms with Gasteiger partial charge in [0.15, 0.2) is 0 Å². The fourth-order valence-corrected chi connectivity index (χ4v) is 2.06. The number of likely N-dealkylation sites (tertiary alicyclic amines) is 1. The fourth-order valence-electron chi connectivity index (χ4n) is 1.24. The van der Waals surface area contributed by atoms with Crippen LogP contribution in [0.3, 0.4) is 0 Å². The number of rotatable bonds is 2. The van der Waals surface area contributed by atoms with E-state index in [9.17, 15) is 9.59 Å². The van der Waals surface area contributed by atoms with Crippen LogP contribution in [-0.2, 0) is 0 Å². The zero-order valence-electron chi connectivity index (χ0n) is 7.40. The number of thiophene rings is 1. The number of carboxylic acid groups (broad SMARTS) is 1. The quantitative estimate of drug-likeness (QED) is 0.802. The summed E-state index contributed by atoms with van der Waals surface area (Å²) in [4.78, 5) is 24.6. The van der Waals surface area contributed by atoms with Crippen LogP contribution in [0, 0.1) is 0 Å². The molecule has 1 fully saturated rings. The third kappa shape index (κ3) is 1.50. The van der Waals surface area contributed by atoms with Crippen LogP contribution in [0.5, 0.6) is 0 Å². The van der Waals surface area contributed by atoms with Crippen molar-refractivity contribution in [1.82, 2.24) is 4.90 Å². The SMILES string of the molecule is O=C(O)c1ccc(C(=O)N2CCC2)s1. The smallest absolute Gasteiger partial charge is 0.345 e. The third-order valence-corrected chi connectivity index (χ3v) is 3.23. The maximum absolute atomic E-state index is 11.6. The Kier molecular flexibility index (Phi) is 2.25. The molecule has 0 spiro atoms. The van der Waals surface area contributed by atoms with Crippen LogP contribution in [-0.4, -0.2) is 35.0 Å². The predicted octanol–water partition coefficient (Wildman–Crippen LogP) is 1.29. The van der Waals surface area contributed by atoms with Crippen LogP contribution in [0.25, 0.3) is 0 Å². The molecule has 14 heavy (non-hydrogen) atoms. The Balaban J connectivity index is 2.15. The van der Waals surface area contributed by atoms with Crippen LogP contribution in [0.15, 0.2) is 12.1 Å². The molecule has 0 aromatic carbocycles. The highest BCUT2D eigenvalue weighted by atomic mass is 32.1. The number of carboxylic acids is 1. The van der Waals surface area contributed by atoms with Gasteiger partial charge in [0.2, 0.25) is 0 Å². The number of hydrogen-bond acceptors (Lipinski definition) is 3. The molecular weight excluding hydrogens is 202 g/mol. The lowest BCUT2D eigenvalue weighted by atomic mass is 10.2. The second kappa shape index (κ2) is 3.42. The van der Waals surface area contributed by atoms with E-state index in [1.807, 2.05) is 0 Å². The number of nitrogens with zero attached hydrogens (tertiary/aromatic N) is 1. The van der Waals surface area contributed by atoms with E-state index < -0.39 is 5.97 Å².